The fourth-order valence-electron chi connectivity index (χ4n) is 5.87. The van der Waals surface area contributed by atoms with Crippen LogP contribution < -0.4 is 10.6 Å². The van der Waals surface area contributed by atoms with Gasteiger partial charge in [0.05, 0.1) is 11.7 Å². The summed E-state index contributed by atoms with van der Waals surface area (Å²) in [7, 11) is 2.24. The number of ether oxygens (including phenoxy) is 1. The van der Waals surface area contributed by atoms with Crippen molar-refractivity contribution in [2.24, 2.45) is 17.3 Å². The van der Waals surface area contributed by atoms with E-state index in [1.165, 1.54) is 71.1 Å². The minimum atomic E-state index is 0.119. The maximum atomic E-state index is 6.90. The van der Waals surface area contributed by atoms with Crippen molar-refractivity contribution in [3.63, 3.8) is 0 Å². The molecule has 4 fully saturated rings. The van der Waals surface area contributed by atoms with Crippen LogP contribution in [0, 0.1) is 17.3 Å². The Morgan fingerprint density at radius 1 is 1.00 bits per heavy atom. The molecule has 2 N–H and O–H groups in total. The van der Waals surface area contributed by atoms with Gasteiger partial charge in [-0.2, -0.15) is 0 Å². The maximum Gasteiger partial charge on any atom is 0.0835 e. The molecule has 4 heteroatoms. The number of piperidine rings is 2. The highest BCUT2D eigenvalue weighted by Gasteiger charge is 2.47. The quantitative estimate of drug-likeness (QED) is 0.771. The van der Waals surface area contributed by atoms with E-state index in [-0.39, 0.29) is 5.60 Å². The lowest BCUT2D eigenvalue weighted by Crippen LogP contribution is -2.60. The lowest BCUT2D eigenvalue weighted by molar-refractivity contribution is -0.173. The molecule has 2 spiro atoms. The minimum Gasteiger partial charge on any atom is -0.369 e. The molecule has 1 aliphatic carbocycles. The van der Waals surface area contributed by atoms with Gasteiger partial charge in [-0.05, 0) is 82.3 Å². The smallest absolute Gasteiger partial charge is 0.0835 e. The second-order valence-corrected chi connectivity index (χ2v) is 9.41. The Balaban J connectivity index is 1.45. The molecule has 0 radical (unpaired) electrons. The monoisotopic (exact) mass is 335 g/mol. The van der Waals surface area contributed by atoms with Gasteiger partial charge in [-0.1, -0.05) is 6.92 Å². The molecule has 2 unspecified atom stereocenters. The van der Waals surface area contributed by atoms with Gasteiger partial charge in [-0.3, -0.25) is 0 Å². The summed E-state index contributed by atoms with van der Waals surface area (Å²) in [4.78, 5) is 2.45. The summed E-state index contributed by atoms with van der Waals surface area (Å²) < 4.78 is 6.90. The zero-order valence-electron chi connectivity index (χ0n) is 15.8. The third-order valence-corrected chi connectivity index (χ3v) is 7.76. The molecule has 1 saturated carbocycles. The molecule has 0 amide bonds. The summed E-state index contributed by atoms with van der Waals surface area (Å²) in [5, 5.41) is 7.33. The molecule has 24 heavy (non-hydrogen) atoms. The van der Waals surface area contributed by atoms with Crippen molar-refractivity contribution < 1.29 is 4.74 Å². The summed E-state index contributed by atoms with van der Waals surface area (Å²) in [6.45, 7) is 9.43. The largest absolute Gasteiger partial charge is 0.369 e. The number of hydrogen-bond acceptors (Lipinski definition) is 4. The van der Waals surface area contributed by atoms with Gasteiger partial charge >= 0.3 is 0 Å². The first-order valence-corrected chi connectivity index (χ1v) is 10.4. The SMILES string of the molecule is C[C@@H]1CCC2(CCNCC2)CC1C1CNCC2(CCN(C)CC2)O1. The van der Waals surface area contributed by atoms with Gasteiger partial charge in [0.2, 0.25) is 0 Å². The average molecular weight is 336 g/mol. The van der Waals surface area contributed by atoms with Gasteiger partial charge in [0.1, 0.15) is 0 Å². The van der Waals surface area contributed by atoms with Crippen molar-refractivity contribution in [1.82, 2.24) is 15.5 Å². The van der Waals surface area contributed by atoms with Crippen LogP contribution in [0.1, 0.15) is 51.9 Å². The molecular formula is C20H37N3O. The van der Waals surface area contributed by atoms with Crippen LogP contribution in [0.15, 0.2) is 0 Å². The van der Waals surface area contributed by atoms with Crippen molar-refractivity contribution in [3.8, 4) is 0 Å². The van der Waals surface area contributed by atoms with Gasteiger partial charge < -0.3 is 20.3 Å². The summed E-state index contributed by atoms with van der Waals surface area (Å²) >= 11 is 0. The Morgan fingerprint density at radius 2 is 1.75 bits per heavy atom. The van der Waals surface area contributed by atoms with Gasteiger partial charge in [0, 0.05) is 26.2 Å². The van der Waals surface area contributed by atoms with E-state index in [1.807, 2.05) is 0 Å². The second-order valence-electron chi connectivity index (χ2n) is 9.41. The Morgan fingerprint density at radius 3 is 2.50 bits per heavy atom. The molecule has 4 nitrogen and oxygen atoms in total. The van der Waals surface area contributed by atoms with Crippen molar-refractivity contribution >= 4 is 0 Å². The zero-order valence-corrected chi connectivity index (χ0v) is 15.8. The first-order valence-electron chi connectivity index (χ1n) is 10.4. The molecule has 3 saturated heterocycles. The Hall–Kier alpha value is -0.160. The Bertz CT molecular complexity index is 427. The Kier molecular flexibility index (Phi) is 4.94. The number of likely N-dealkylation sites (tertiary alicyclic amines) is 1. The van der Waals surface area contributed by atoms with Crippen LogP contribution in [0.2, 0.25) is 0 Å². The van der Waals surface area contributed by atoms with E-state index < -0.39 is 0 Å². The van der Waals surface area contributed by atoms with E-state index in [0.29, 0.717) is 11.5 Å². The van der Waals surface area contributed by atoms with Crippen molar-refractivity contribution in [2.45, 2.75) is 63.6 Å². The van der Waals surface area contributed by atoms with Crippen LogP contribution in [-0.2, 0) is 4.74 Å². The lowest BCUT2D eigenvalue weighted by atomic mass is 9.60. The molecule has 4 rings (SSSR count). The highest BCUT2D eigenvalue weighted by Crippen LogP contribution is 2.50. The lowest BCUT2D eigenvalue weighted by Gasteiger charge is -2.52. The fraction of sp³-hybridized carbons (Fsp3) is 1.00. The number of morpholine rings is 1. The predicted molar refractivity (Wildman–Crippen MR) is 98.2 cm³/mol. The molecule has 3 atom stereocenters. The molecular weight excluding hydrogens is 298 g/mol. The highest BCUT2D eigenvalue weighted by molar-refractivity contribution is 4.99. The summed E-state index contributed by atoms with van der Waals surface area (Å²) in [6, 6.07) is 0. The number of rotatable bonds is 1. The van der Waals surface area contributed by atoms with Gasteiger partial charge in [-0.25, -0.2) is 0 Å². The minimum absolute atomic E-state index is 0.119. The van der Waals surface area contributed by atoms with Crippen LogP contribution in [0.5, 0.6) is 0 Å². The average Bonchev–Trinajstić information content (AvgIpc) is 2.61. The van der Waals surface area contributed by atoms with Crippen LogP contribution >= 0.6 is 0 Å². The summed E-state index contributed by atoms with van der Waals surface area (Å²) in [5.74, 6) is 1.57. The third kappa shape index (κ3) is 3.40. The van der Waals surface area contributed by atoms with Crippen LogP contribution in [-0.4, -0.2) is 62.9 Å². The van der Waals surface area contributed by atoms with Crippen LogP contribution in [0.25, 0.3) is 0 Å². The van der Waals surface area contributed by atoms with E-state index in [9.17, 15) is 0 Å². The first-order chi connectivity index (χ1) is 11.6. The van der Waals surface area contributed by atoms with Gasteiger partial charge in [0.15, 0.2) is 0 Å². The molecule has 0 aromatic carbocycles. The standard InChI is InChI=1S/C20H37N3O/c1-16-3-4-19(5-9-21-10-6-19)13-17(16)18-14-22-15-20(24-18)7-11-23(2)12-8-20/h16-18,21-22H,3-15H2,1-2H3/t16-,17?,18?/m1/s1. The van der Waals surface area contributed by atoms with Crippen molar-refractivity contribution in [2.75, 3.05) is 46.3 Å². The van der Waals surface area contributed by atoms with Crippen molar-refractivity contribution in [1.29, 1.82) is 0 Å². The highest BCUT2D eigenvalue weighted by atomic mass is 16.5. The van der Waals surface area contributed by atoms with E-state index in [1.54, 1.807) is 0 Å². The normalized spacial score (nSPS) is 40.0. The molecule has 138 valence electrons. The van der Waals surface area contributed by atoms with Gasteiger partial charge in [0.25, 0.3) is 0 Å². The molecule has 0 bridgehead atoms. The van der Waals surface area contributed by atoms with Crippen LogP contribution in [0.4, 0.5) is 0 Å². The molecule has 3 heterocycles. The molecule has 0 aromatic heterocycles. The second kappa shape index (κ2) is 6.86. The Labute approximate surface area is 148 Å². The topological polar surface area (TPSA) is 36.5 Å². The maximum absolute atomic E-state index is 6.90. The van der Waals surface area contributed by atoms with E-state index in [0.717, 1.165) is 24.9 Å². The van der Waals surface area contributed by atoms with E-state index >= 15 is 0 Å². The van der Waals surface area contributed by atoms with Gasteiger partial charge in [-0.15, -0.1) is 0 Å². The van der Waals surface area contributed by atoms with E-state index in [4.69, 9.17) is 4.74 Å². The molecule has 4 aliphatic rings. The fourth-order valence-corrected chi connectivity index (χ4v) is 5.87. The first kappa shape index (κ1) is 17.3. The zero-order chi connectivity index (χ0) is 16.6. The van der Waals surface area contributed by atoms with Crippen LogP contribution in [0.3, 0.4) is 0 Å². The van der Waals surface area contributed by atoms with Crippen molar-refractivity contribution in [3.05, 3.63) is 0 Å². The third-order valence-electron chi connectivity index (χ3n) is 7.76. The number of nitrogens with zero attached hydrogens (tertiary/aromatic N) is 1. The summed E-state index contributed by atoms with van der Waals surface area (Å²) in [5.41, 5.74) is 0.733. The number of nitrogens with one attached hydrogen (secondary N) is 2. The molecule has 3 aliphatic heterocycles. The molecule has 0 aromatic rings. The summed E-state index contributed by atoms with van der Waals surface area (Å²) in [6.07, 6.45) is 9.84. The number of hydrogen-bond donors (Lipinski definition) is 2. The predicted octanol–water partition coefficient (Wildman–Crippen LogP) is 2.25. The van der Waals surface area contributed by atoms with E-state index in [2.05, 4.69) is 29.5 Å².